The van der Waals surface area contributed by atoms with E-state index in [1.54, 1.807) is 6.92 Å². The summed E-state index contributed by atoms with van der Waals surface area (Å²) >= 11 is 0.701. The molecular weight excluding hydrogens is 128 g/mol. The largest absolute Gasteiger partial charge is 0.320 e. The third-order valence-electron chi connectivity index (χ3n) is 0.370. The summed E-state index contributed by atoms with van der Waals surface area (Å²) in [6.07, 6.45) is 0. The first-order valence-electron chi connectivity index (χ1n) is 2.11. The second-order valence-electron chi connectivity index (χ2n) is 0.922. The predicted molar refractivity (Wildman–Crippen MR) is 31.9 cm³/mol. The molecule has 8 heavy (non-hydrogen) atoms. The molecular formula is C3H8N2O2S. The third-order valence-corrected chi connectivity index (χ3v) is 0.993. The van der Waals surface area contributed by atoms with Gasteiger partial charge in [0, 0.05) is 0 Å². The SMILES string of the molecule is CCOSC(=O)NN. The van der Waals surface area contributed by atoms with E-state index in [0.717, 1.165) is 0 Å². The molecule has 0 aliphatic rings. The Morgan fingerprint density at radius 3 is 3.00 bits per heavy atom. The lowest BCUT2D eigenvalue weighted by molar-refractivity contribution is 0.258. The Morgan fingerprint density at radius 2 is 2.62 bits per heavy atom. The normalized spacial score (nSPS) is 8.75. The standard InChI is InChI=1S/C3H8N2O2S/c1-2-7-8-3(6)5-4/h2,4H2,1H3,(H,5,6). The summed E-state index contributed by atoms with van der Waals surface area (Å²) in [5.74, 6) is 4.71. The molecule has 0 aromatic heterocycles. The number of hydrazine groups is 1. The van der Waals surface area contributed by atoms with Gasteiger partial charge < -0.3 is 4.18 Å². The molecule has 1 amide bonds. The fourth-order valence-corrected chi connectivity index (χ4v) is 0.410. The minimum absolute atomic E-state index is 0.383. The van der Waals surface area contributed by atoms with Crippen LogP contribution in [0.4, 0.5) is 4.79 Å². The number of amides is 1. The number of carbonyl (C=O) groups is 1. The van der Waals surface area contributed by atoms with Gasteiger partial charge in [-0.1, -0.05) is 0 Å². The van der Waals surface area contributed by atoms with E-state index in [4.69, 9.17) is 5.84 Å². The summed E-state index contributed by atoms with van der Waals surface area (Å²) in [5.41, 5.74) is 1.90. The zero-order valence-electron chi connectivity index (χ0n) is 4.51. The molecule has 0 unspecified atom stereocenters. The van der Waals surface area contributed by atoms with E-state index in [2.05, 4.69) is 4.18 Å². The van der Waals surface area contributed by atoms with Crippen molar-refractivity contribution in [3.63, 3.8) is 0 Å². The van der Waals surface area contributed by atoms with Gasteiger partial charge in [0.25, 0.3) is 0 Å². The lowest BCUT2D eigenvalue weighted by atomic mass is 10.9. The van der Waals surface area contributed by atoms with Crippen LogP contribution in [0.15, 0.2) is 0 Å². The molecule has 0 aromatic rings. The highest BCUT2D eigenvalue weighted by Crippen LogP contribution is 2.00. The van der Waals surface area contributed by atoms with Gasteiger partial charge in [-0.15, -0.1) is 0 Å². The maximum absolute atomic E-state index is 10.2. The first kappa shape index (κ1) is 7.74. The molecule has 4 nitrogen and oxygen atoms in total. The first-order valence-corrected chi connectivity index (χ1v) is 2.85. The van der Waals surface area contributed by atoms with Crippen LogP contribution in [0.2, 0.25) is 0 Å². The van der Waals surface area contributed by atoms with Crippen LogP contribution in [-0.2, 0) is 4.18 Å². The third kappa shape index (κ3) is 3.91. The van der Waals surface area contributed by atoms with Crippen LogP contribution in [-0.4, -0.2) is 11.8 Å². The van der Waals surface area contributed by atoms with E-state index in [1.165, 1.54) is 0 Å². The van der Waals surface area contributed by atoms with Gasteiger partial charge in [0.15, 0.2) is 0 Å². The highest BCUT2D eigenvalue weighted by molar-refractivity contribution is 8.09. The molecule has 3 N–H and O–H groups in total. The summed E-state index contributed by atoms with van der Waals surface area (Å²) in [4.78, 5) is 10.2. The van der Waals surface area contributed by atoms with E-state index >= 15 is 0 Å². The Balaban J connectivity index is 2.99. The molecule has 0 atom stereocenters. The zero-order chi connectivity index (χ0) is 6.41. The smallest absolute Gasteiger partial charge is 0.307 e. The van der Waals surface area contributed by atoms with E-state index in [0.29, 0.717) is 18.6 Å². The molecule has 0 saturated carbocycles. The van der Waals surface area contributed by atoms with Gasteiger partial charge >= 0.3 is 5.24 Å². The molecule has 48 valence electrons. The van der Waals surface area contributed by atoms with Gasteiger partial charge in [-0.25, -0.2) is 5.84 Å². The summed E-state index contributed by atoms with van der Waals surface area (Å²) in [7, 11) is 0. The molecule has 0 aliphatic heterocycles. The highest BCUT2D eigenvalue weighted by Gasteiger charge is 1.95. The van der Waals surface area contributed by atoms with Crippen LogP contribution in [0.3, 0.4) is 0 Å². The number of hydrogen-bond donors (Lipinski definition) is 2. The number of hydrogen-bond acceptors (Lipinski definition) is 4. The van der Waals surface area contributed by atoms with Crippen LogP contribution in [0, 0.1) is 0 Å². The van der Waals surface area contributed by atoms with E-state index < -0.39 is 0 Å². The Labute approximate surface area is 51.9 Å². The Kier molecular flexibility index (Phi) is 4.73. The fourth-order valence-electron chi connectivity index (χ4n) is 0.137. The van der Waals surface area contributed by atoms with Crippen molar-refractivity contribution in [2.45, 2.75) is 6.92 Å². The number of rotatable bonds is 2. The lowest BCUT2D eigenvalue weighted by Gasteiger charge is -1.94. The van der Waals surface area contributed by atoms with Crippen LogP contribution in [0.5, 0.6) is 0 Å². The minimum atomic E-state index is -0.383. The lowest BCUT2D eigenvalue weighted by Crippen LogP contribution is -2.26. The van der Waals surface area contributed by atoms with E-state index in [-0.39, 0.29) is 5.24 Å². The second kappa shape index (κ2) is 4.89. The summed E-state index contributed by atoms with van der Waals surface area (Å²) < 4.78 is 4.61. The summed E-state index contributed by atoms with van der Waals surface area (Å²) in [6.45, 7) is 2.29. The summed E-state index contributed by atoms with van der Waals surface area (Å²) in [6, 6.07) is 0. The molecule has 0 heterocycles. The molecule has 5 heteroatoms. The van der Waals surface area contributed by atoms with Crippen LogP contribution in [0.25, 0.3) is 0 Å². The molecule has 0 aromatic carbocycles. The fraction of sp³-hybridized carbons (Fsp3) is 0.667. The highest BCUT2D eigenvalue weighted by atomic mass is 32.2. The van der Waals surface area contributed by atoms with Gasteiger partial charge in [0.1, 0.15) is 0 Å². The molecule has 0 spiro atoms. The van der Waals surface area contributed by atoms with Gasteiger partial charge in [0.05, 0.1) is 18.6 Å². The maximum Gasteiger partial charge on any atom is 0.320 e. The van der Waals surface area contributed by atoms with Gasteiger partial charge in [-0.3, -0.25) is 10.2 Å². The van der Waals surface area contributed by atoms with Crippen molar-refractivity contribution in [3.05, 3.63) is 0 Å². The van der Waals surface area contributed by atoms with Gasteiger partial charge in [-0.2, -0.15) is 0 Å². The molecule has 0 aliphatic carbocycles. The average molecular weight is 136 g/mol. The molecule has 0 rings (SSSR count). The van der Waals surface area contributed by atoms with Gasteiger partial charge in [-0.05, 0) is 6.92 Å². The van der Waals surface area contributed by atoms with Crippen molar-refractivity contribution >= 4 is 17.3 Å². The second-order valence-corrected chi connectivity index (χ2v) is 1.69. The monoisotopic (exact) mass is 136 g/mol. The van der Waals surface area contributed by atoms with Crippen molar-refractivity contribution in [1.82, 2.24) is 5.43 Å². The van der Waals surface area contributed by atoms with Crippen molar-refractivity contribution in [2.24, 2.45) is 5.84 Å². The van der Waals surface area contributed by atoms with Crippen molar-refractivity contribution in [1.29, 1.82) is 0 Å². The molecule has 0 fully saturated rings. The van der Waals surface area contributed by atoms with E-state index in [1.807, 2.05) is 5.43 Å². The predicted octanol–water partition coefficient (Wildman–Crippen LogP) is 0.254. The van der Waals surface area contributed by atoms with Crippen LogP contribution < -0.4 is 11.3 Å². The first-order chi connectivity index (χ1) is 3.81. The van der Waals surface area contributed by atoms with Crippen molar-refractivity contribution < 1.29 is 8.98 Å². The Hall–Kier alpha value is -0.260. The number of nitrogens with two attached hydrogens (primary N) is 1. The number of carbonyl (C=O) groups excluding carboxylic acids is 1. The van der Waals surface area contributed by atoms with Crippen molar-refractivity contribution in [2.75, 3.05) is 6.61 Å². The Morgan fingerprint density at radius 1 is 2.00 bits per heavy atom. The minimum Gasteiger partial charge on any atom is -0.307 e. The summed E-state index contributed by atoms with van der Waals surface area (Å²) in [5, 5.41) is -0.383. The maximum atomic E-state index is 10.2. The Bertz CT molecular complexity index is 77.7. The molecule has 0 bridgehead atoms. The number of nitrogens with one attached hydrogen (secondary N) is 1. The molecule has 0 saturated heterocycles. The zero-order valence-corrected chi connectivity index (χ0v) is 5.33. The van der Waals surface area contributed by atoms with Crippen LogP contribution >= 0.6 is 12.0 Å². The molecule has 0 radical (unpaired) electrons. The van der Waals surface area contributed by atoms with E-state index in [9.17, 15) is 4.79 Å². The quantitative estimate of drug-likeness (QED) is 0.247. The van der Waals surface area contributed by atoms with Gasteiger partial charge in [0.2, 0.25) is 0 Å². The topological polar surface area (TPSA) is 64.3 Å². The average Bonchev–Trinajstić information content (AvgIpc) is 1.83. The van der Waals surface area contributed by atoms with Crippen molar-refractivity contribution in [3.8, 4) is 0 Å². The van der Waals surface area contributed by atoms with Crippen LogP contribution in [0.1, 0.15) is 6.92 Å².